The van der Waals surface area contributed by atoms with E-state index in [4.69, 9.17) is 0 Å². The molecule has 1 rings (SSSR count). The normalized spacial score (nSPS) is 26.3. The van der Waals surface area contributed by atoms with Crippen molar-refractivity contribution in [2.75, 3.05) is 13.1 Å². The summed E-state index contributed by atoms with van der Waals surface area (Å²) in [5.41, 5.74) is 0. The Morgan fingerprint density at radius 1 is 1.44 bits per heavy atom. The fourth-order valence-corrected chi connectivity index (χ4v) is 1.32. The van der Waals surface area contributed by atoms with Gasteiger partial charge in [0.25, 0.3) is 0 Å². The monoisotopic (exact) mass is 147 g/mol. The first-order valence-electron chi connectivity index (χ1n) is 3.04. The molecule has 0 aliphatic carbocycles. The van der Waals surface area contributed by atoms with Gasteiger partial charge in [0.1, 0.15) is 5.34 Å². The van der Waals surface area contributed by atoms with E-state index in [9.17, 15) is 9.67 Å². The molecule has 1 aliphatic heterocycles. The number of hydrogen-bond acceptors (Lipinski definition) is 3. The van der Waals surface area contributed by atoms with E-state index >= 15 is 0 Å². The van der Waals surface area contributed by atoms with E-state index in [1.54, 1.807) is 0 Å². The van der Waals surface area contributed by atoms with Crippen LogP contribution in [0.15, 0.2) is 0 Å². The lowest BCUT2D eigenvalue weighted by Crippen LogP contribution is -2.37. The second kappa shape index (κ2) is 2.74. The standard InChI is InChI=1S/C5H10NO2P/c7-5(9-8)1-3-6-4-2-5/h6-7H,1-4H2. The highest BCUT2D eigenvalue weighted by Gasteiger charge is 2.29. The maximum absolute atomic E-state index is 10.3. The molecule has 0 aromatic heterocycles. The minimum atomic E-state index is -0.925. The molecular formula is C5H10NO2P. The number of piperidine rings is 1. The summed E-state index contributed by atoms with van der Waals surface area (Å²) in [6, 6.07) is 0. The topological polar surface area (TPSA) is 49.3 Å². The van der Waals surface area contributed by atoms with Gasteiger partial charge in [-0.1, -0.05) is 0 Å². The van der Waals surface area contributed by atoms with Crippen molar-refractivity contribution in [3.05, 3.63) is 0 Å². The molecule has 1 saturated heterocycles. The van der Waals surface area contributed by atoms with Crippen LogP contribution in [0.2, 0.25) is 0 Å². The molecular weight excluding hydrogens is 137 g/mol. The Bertz CT molecular complexity index is 112. The van der Waals surface area contributed by atoms with Crippen molar-refractivity contribution >= 4 is 8.46 Å². The summed E-state index contributed by atoms with van der Waals surface area (Å²) in [5.74, 6) is 0. The molecule has 0 spiro atoms. The van der Waals surface area contributed by atoms with Gasteiger partial charge in [-0.15, -0.1) is 0 Å². The minimum absolute atomic E-state index is 0.130. The quantitative estimate of drug-likeness (QED) is 0.526. The molecule has 0 amide bonds. The van der Waals surface area contributed by atoms with Crippen molar-refractivity contribution in [1.29, 1.82) is 0 Å². The van der Waals surface area contributed by atoms with Crippen LogP contribution in [0.1, 0.15) is 12.8 Å². The van der Waals surface area contributed by atoms with Crippen molar-refractivity contribution in [1.82, 2.24) is 5.32 Å². The summed E-state index contributed by atoms with van der Waals surface area (Å²) in [6.07, 6.45) is 1.19. The van der Waals surface area contributed by atoms with E-state index in [1.807, 2.05) is 0 Å². The molecule has 0 radical (unpaired) electrons. The first-order chi connectivity index (χ1) is 4.27. The number of aliphatic hydroxyl groups is 1. The summed E-state index contributed by atoms with van der Waals surface area (Å²) in [4.78, 5) is 0. The molecule has 2 N–H and O–H groups in total. The van der Waals surface area contributed by atoms with Gasteiger partial charge in [0.15, 0.2) is 8.46 Å². The van der Waals surface area contributed by atoms with Crippen LogP contribution in [0.25, 0.3) is 0 Å². The molecule has 1 aliphatic rings. The number of rotatable bonds is 1. The molecule has 52 valence electrons. The van der Waals surface area contributed by atoms with Crippen molar-refractivity contribution < 1.29 is 9.67 Å². The summed E-state index contributed by atoms with van der Waals surface area (Å²) in [6.45, 7) is 1.54. The summed E-state index contributed by atoms with van der Waals surface area (Å²) in [5, 5.41) is 11.5. The first-order valence-corrected chi connectivity index (χ1v) is 3.86. The van der Waals surface area contributed by atoms with Crippen LogP contribution in [0, 0.1) is 0 Å². The van der Waals surface area contributed by atoms with Crippen molar-refractivity contribution in [3.63, 3.8) is 0 Å². The van der Waals surface area contributed by atoms with Crippen LogP contribution in [-0.2, 0) is 4.57 Å². The van der Waals surface area contributed by atoms with Crippen LogP contribution in [0.5, 0.6) is 0 Å². The van der Waals surface area contributed by atoms with Crippen LogP contribution in [-0.4, -0.2) is 23.5 Å². The molecule has 1 heterocycles. The third kappa shape index (κ3) is 1.71. The zero-order valence-corrected chi connectivity index (χ0v) is 6.03. The smallest absolute Gasteiger partial charge is 0.190 e. The summed E-state index contributed by atoms with van der Waals surface area (Å²) >= 11 is 0. The summed E-state index contributed by atoms with van der Waals surface area (Å²) in [7, 11) is -0.130. The lowest BCUT2D eigenvalue weighted by Gasteiger charge is -2.25. The molecule has 0 atom stereocenters. The average molecular weight is 147 g/mol. The van der Waals surface area contributed by atoms with E-state index in [2.05, 4.69) is 5.32 Å². The second-order valence-electron chi connectivity index (χ2n) is 2.32. The molecule has 4 heteroatoms. The van der Waals surface area contributed by atoms with E-state index in [1.165, 1.54) is 0 Å². The lowest BCUT2D eigenvalue weighted by molar-refractivity contribution is 0.0951. The van der Waals surface area contributed by atoms with E-state index in [0.717, 1.165) is 13.1 Å². The Labute approximate surface area is 55.7 Å². The average Bonchev–Trinajstić information content (AvgIpc) is 1.90. The van der Waals surface area contributed by atoms with E-state index in [-0.39, 0.29) is 8.46 Å². The molecule has 0 aromatic carbocycles. The maximum Gasteiger partial charge on any atom is 0.190 e. The Hall–Kier alpha value is 0.0200. The second-order valence-corrected chi connectivity index (χ2v) is 3.34. The molecule has 0 aromatic rings. The van der Waals surface area contributed by atoms with Gasteiger partial charge in [0.2, 0.25) is 0 Å². The van der Waals surface area contributed by atoms with E-state index in [0.29, 0.717) is 12.8 Å². The molecule has 9 heavy (non-hydrogen) atoms. The third-order valence-electron chi connectivity index (χ3n) is 1.57. The molecule has 0 saturated carbocycles. The van der Waals surface area contributed by atoms with Crippen molar-refractivity contribution in [3.8, 4) is 0 Å². The van der Waals surface area contributed by atoms with Gasteiger partial charge >= 0.3 is 0 Å². The van der Waals surface area contributed by atoms with Crippen molar-refractivity contribution in [2.24, 2.45) is 0 Å². The van der Waals surface area contributed by atoms with Gasteiger partial charge in [-0.2, -0.15) is 0 Å². The largest absolute Gasteiger partial charge is 0.378 e. The van der Waals surface area contributed by atoms with E-state index < -0.39 is 5.34 Å². The zero-order chi connectivity index (χ0) is 6.74. The lowest BCUT2D eigenvalue weighted by atomic mass is 10.1. The Balaban J connectivity index is 2.46. The van der Waals surface area contributed by atoms with Crippen molar-refractivity contribution in [2.45, 2.75) is 18.2 Å². The van der Waals surface area contributed by atoms with Crippen LogP contribution in [0.4, 0.5) is 0 Å². The van der Waals surface area contributed by atoms with Crippen LogP contribution in [0.3, 0.4) is 0 Å². The SMILES string of the molecule is O=PC1(O)CCNCC1. The minimum Gasteiger partial charge on any atom is -0.378 e. The highest BCUT2D eigenvalue weighted by atomic mass is 31.1. The first kappa shape index (κ1) is 7.13. The fraction of sp³-hybridized carbons (Fsp3) is 1.00. The van der Waals surface area contributed by atoms with Gasteiger partial charge in [-0.3, -0.25) is 4.57 Å². The van der Waals surface area contributed by atoms with Crippen LogP contribution >= 0.6 is 8.46 Å². The zero-order valence-electron chi connectivity index (χ0n) is 5.13. The van der Waals surface area contributed by atoms with Gasteiger partial charge < -0.3 is 10.4 Å². The fourth-order valence-electron chi connectivity index (χ4n) is 0.918. The number of nitrogens with one attached hydrogen (secondary N) is 1. The number of hydrogen-bond donors (Lipinski definition) is 2. The van der Waals surface area contributed by atoms with Gasteiger partial charge in [-0.25, -0.2) is 0 Å². The highest BCUT2D eigenvalue weighted by Crippen LogP contribution is 2.28. The Morgan fingerprint density at radius 2 is 2.00 bits per heavy atom. The maximum atomic E-state index is 10.3. The molecule has 0 bridgehead atoms. The predicted molar refractivity (Wildman–Crippen MR) is 34.7 cm³/mol. The molecule has 0 unspecified atom stereocenters. The van der Waals surface area contributed by atoms with Gasteiger partial charge in [-0.05, 0) is 25.9 Å². The van der Waals surface area contributed by atoms with Gasteiger partial charge in [0.05, 0.1) is 0 Å². The Morgan fingerprint density at radius 3 is 2.33 bits per heavy atom. The molecule has 1 fully saturated rings. The van der Waals surface area contributed by atoms with Gasteiger partial charge in [0, 0.05) is 0 Å². The van der Waals surface area contributed by atoms with Crippen LogP contribution < -0.4 is 5.32 Å². The Kier molecular flexibility index (Phi) is 2.17. The third-order valence-corrected chi connectivity index (χ3v) is 2.36. The summed E-state index contributed by atoms with van der Waals surface area (Å²) < 4.78 is 10.3. The predicted octanol–water partition coefficient (Wildman–Crippen LogP) is 0.350. The molecule has 3 nitrogen and oxygen atoms in total. The highest BCUT2D eigenvalue weighted by molar-refractivity contribution is 7.25.